The van der Waals surface area contributed by atoms with E-state index in [0.29, 0.717) is 10.9 Å². The molecule has 0 atom stereocenters. The second-order valence-electron chi connectivity index (χ2n) is 2.94. The zero-order valence-corrected chi connectivity index (χ0v) is 7.54. The van der Waals surface area contributed by atoms with Gasteiger partial charge in [0.2, 0.25) is 0 Å². The predicted molar refractivity (Wildman–Crippen MR) is 51.7 cm³/mol. The van der Waals surface area contributed by atoms with Crippen LogP contribution >= 0.6 is 0 Å². The van der Waals surface area contributed by atoms with Crippen LogP contribution in [0.15, 0.2) is 24.5 Å². The number of carbonyl (C=O) groups excluding carboxylic acids is 1. The molecule has 0 aromatic carbocycles. The molecule has 6 heteroatoms. The Hall–Kier alpha value is -2.37. The molecule has 2 aromatic rings. The SMILES string of the molecule is NC(=O)n1c(C(=O)O)cc2cnccc21. The van der Waals surface area contributed by atoms with E-state index in [9.17, 15) is 9.59 Å². The summed E-state index contributed by atoms with van der Waals surface area (Å²) in [7, 11) is 0. The van der Waals surface area contributed by atoms with Gasteiger partial charge in [-0.25, -0.2) is 9.59 Å². The van der Waals surface area contributed by atoms with Crippen LogP contribution in [0.1, 0.15) is 10.5 Å². The van der Waals surface area contributed by atoms with Gasteiger partial charge in [0.1, 0.15) is 5.69 Å². The minimum absolute atomic E-state index is 0.162. The van der Waals surface area contributed by atoms with Crippen molar-refractivity contribution < 1.29 is 14.7 Å². The largest absolute Gasteiger partial charge is 0.477 e. The number of hydrogen-bond acceptors (Lipinski definition) is 3. The lowest BCUT2D eigenvalue weighted by molar-refractivity contribution is 0.0687. The van der Waals surface area contributed by atoms with Gasteiger partial charge in [-0.15, -0.1) is 0 Å². The maximum Gasteiger partial charge on any atom is 0.353 e. The molecule has 0 saturated carbocycles. The summed E-state index contributed by atoms with van der Waals surface area (Å²) in [6.45, 7) is 0. The molecule has 2 heterocycles. The molecule has 0 spiro atoms. The van der Waals surface area contributed by atoms with Crippen molar-refractivity contribution in [3.63, 3.8) is 0 Å². The number of pyridine rings is 1. The number of carboxylic acid groups (broad SMARTS) is 1. The van der Waals surface area contributed by atoms with Gasteiger partial charge in [0.15, 0.2) is 0 Å². The van der Waals surface area contributed by atoms with Crippen LogP contribution in [0.2, 0.25) is 0 Å². The zero-order valence-electron chi connectivity index (χ0n) is 7.54. The van der Waals surface area contributed by atoms with Crippen molar-refractivity contribution in [1.82, 2.24) is 9.55 Å². The number of primary amides is 1. The van der Waals surface area contributed by atoms with Crippen molar-refractivity contribution in [2.45, 2.75) is 0 Å². The molecule has 2 aromatic heterocycles. The van der Waals surface area contributed by atoms with Crippen LogP contribution < -0.4 is 5.73 Å². The van der Waals surface area contributed by atoms with E-state index in [2.05, 4.69) is 4.98 Å². The summed E-state index contributed by atoms with van der Waals surface area (Å²) in [5.74, 6) is -1.20. The molecule has 6 nitrogen and oxygen atoms in total. The fraction of sp³-hybridized carbons (Fsp3) is 0. The minimum Gasteiger partial charge on any atom is -0.477 e. The van der Waals surface area contributed by atoms with E-state index in [1.54, 1.807) is 0 Å². The van der Waals surface area contributed by atoms with Gasteiger partial charge in [0, 0.05) is 17.8 Å². The Morgan fingerprint density at radius 2 is 2.20 bits per heavy atom. The summed E-state index contributed by atoms with van der Waals surface area (Å²) in [5.41, 5.74) is 5.38. The van der Waals surface area contributed by atoms with Crippen LogP contribution in [0.3, 0.4) is 0 Å². The number of aromatic carboxylic acids is 1. The second-order valence-corrected chi connectivity index (χ2v) is 2.94. The third-order valence-corrected chi connectivity index (χ3v) is 2.04. The molecule has 0 aliphatic carbocycles. The van der Waals surface area contributed by atoms with E-state index in [-0.39, 0.29) is 5.69 Å². The number of aromatic nitrogens is 2. The number of carboxylic acids is 1. The van der Waals surface area contributed by atoms with E-state index < -0.39 is 12.0 Å². The quantitative estimate of drug-likeness (QED) is 0.714. The van der Waals surface area contributed by atoms with Crippen LogP contribution in [0.5, 0.6) is 0 Å². The predicted octanol–water partition coefficient (Wildman–Crippen LogP) is 0.661. The smallest absolute Gasteiger partial charge is 0.353 e. The highest BCUT2D eigenvalue weighted by molar-refractivity contribution is 6.01. The van der Waals surface area contributed by atoms with Gasteiger partial charge < -0.3 is 10.8 Å². The number of nitrogens with zero attached hydrogens (tertiary/aromatic N) is 2. The Labute approximate surface area is 83.9 Å². The standard InChI is InChI=1S/C9H7N3O3/c10-9(15)12-6-1-2-11-4-5(6)3-7(12)8(13)14/h1-4H,(H2,10,15)(H,13,14). The Kier molecular flexibility index (Phi) is 1.89. The summed E-state index contributed by atoms with van der Waals surface area (Å²) in [6.07, 6.45) is 2.94. The van der Waals surface area contributed by atoms with E-state index in [0.717, 1.165) is 4.57 Å². The Balaban J connectivity index is 2.86. The lowest BCUT2D eigenvalue weighted by atomic mass is 10.3. The van der Waals surface area contributed by atoms with E-state index in [1.807, 2.05) is 0 Å². The molecular formula is C9H7N3O3. The lowest BCUT2D eigenvalue weighted by Gasteiger charge is -2.01. The Morgan fingerprint density at radius 3 is 2.80 bits per heavy atom. The van der Waals surface area contributed by atoms with E-state index in [1.165, 1.54) is 24.5 Å². The maximum absolute atomic E-state index is 11.1. The van der Waals surface area contributed by atoms with Crippen LogP contribution in [-0.4, -0.2) is 26.7 Å². The van der Waals surface area contributed by atoms with Crippen molar-refractivity contribution >= 4 is 22.9 Å². The fourth-order valence-corrected chi connectivity index (χ4v) is 1.45. The minimum atomic E-state index is -1.20. The van der Waals surface area contributed by atoms with Crippen molar-refractivity contribution in [3.8, 4) is 0 Å². The van der Waals surface area contributed by atoms with Crippen LogP contribution in [0.25, 0.3) is 10.9 Å². The molecule has 15 heavy (non-hydrogen) atoms. The summed E-state index contributed by atoms with van der Waals surface area (Å²) >= 11 is 0. The number of hydrogen-bond donors (Lipinski definition) is 2. The monoisotopic (exact) mass is 205 g/mol. The van der Waals surface area contributed by atoms with Crippen molar-refractivity contribution in [2.24, 2.45) is 5.73 Å². The van der Waals surface area contributed by atoms with Gasteiger partial charge >= 0.3 is 12.0 Å². The van der Waals surface area contributed by atoms with Crippen LogP contribution in [0, 0.1) is 0 Å². The van der Waals surface area contributed by atoms with Gasteiger partial charge in [-0.1, -0.05) is 0 Å². The summed E-state index contributed by atoms with van der Waals surface area (Å²) < 4.78 is 0.944. The molecule has 0 bridgehead atoms. The zero-order chi connectivity index (χ0) is 11.0. The van der Waals surface area contributed by atoms with Gasteiger partial charge in [-0.3, -0.25) is 9.55 Å². The van der Waals surface area contributed by atoms with Gasteiger partial charge in [0.05, 0.1) is 5.52 Å². The molecule has 3 N–H and O–H groups in total. The summed E-state index contributed by atoms with van der Waals surface area (Å²) in [6, 6.07) is 2.07. The number of amides is 1. The van der Waals surface area contributed by atoms with Crippen LogP contribution in [0.4, 0.5) is 4.79 Å². The molecule has 0 fully saturated rings. The van der Waals surface area contributed by atoms with Crippen molar-refractivity contribution in [2.75, 3.05) is 0 Å². The Morgan fingerprint density at radius 1 is 1.47 bits per heavy atom. The van der Waals surface area contributed by atoms with E-state index in [4.69, 9.17) is 10.8 Å². The molecule has 1 amide bonds. The molecule has 0 aliphatic rings. The van der Waals surface area contributed by atoms with Crippen LogP contribution in [-0.2, 0) is 0 Å². The second kappa shape index (κ2) is 3.09. The van der Waals surface area contributed by atoms with Gasteiger partial charge in [0.25, 0.3) is 0 Å². The first kappa shape index (κ1) is 9.20. The van der Waals surface area contributed by atoms with Gasteiger partial charge in [-0.2, -0.15) is 0 Å². The summed E-state index contributed by atoms with van der Waals surface area (Å²) in [4.78, 5) is 25.8. The first-order chi connectivity index (χ1) is 7.11. The fourth-order valence-electron chi connectivity index (χ4n) is 1.45. The third kappa shape index (κ3) is 1.32. The molecule has 0 radical (unpaired) electrons. The van der Waals surface area contributed by atoms with E-state index >= 15 is 0 Å². The molecule has 2 rings (SSSR count). The number of carbonyl (C=O) groups is 2. The molecule has 0 unspecified atom stereocenters. The summed E-state index contributed by atoms with van der Waals surface area (Å²) in [5, 5.41) is 9.43. The number of fused-ring (bicyclic) bond motifs is 1. The highest BCUT2D eigenvalue weighted by Gasteiger charge is 2.17. The third-order valence-electron chi connectivity index (χ3n) is 2.04. The first-order valence-corrected chi connectivity index (χ1v) is 4.10. The normalized spacial score (nSPS) is 10.4. The lowest BCUT2D eigenvalue weighted by Crippen LogP contribution is -2.23. The Bertz CT molecular complexity index is 559. The average Bonchev–Trinajstić information content (AvgIpc) is 2.56. The highest BCUT2D eigenvalue weighted by atomic mass is 16.4. The van der Waals surface area contributed by atoms with Crippen molar-refractivity contribution in [3.05, 3.63) is 30.2 Å². The van der Waals surface area contributed by atoms with Crippen molar-refractivity contribution in [1.29, 1.82) is 0 Å². The van der Waals surface area contributed by atoms with Gasteiger partial charge in [-0.05, 0) is 12.1 Å². The topological polar surface area (TPSA) is 98.2 Å². The maximum atomic E-state index is 11.1. The molecule has 0 aliphatic heterocycles. The average molecular weight is 205 g/mol. The first-order valence-electron chi connectivity index (χ1n) is 4.10. The number of nitrogens with two attached hydrogens (primary N) is 1. The molecule has 76 valence electrons. The highest BCUT2D eigenvalue weighted by Crippen LogP contribution is 2.18. The molecule has 0 saturated heterocycles. The molecular weight excluding hydrogens is 198 g/mol. The number of rotatable bonds is 1.